The second kappa shape index (κ2) is 8.39. The number of ether oxygens (including phenoxy) is 1. The number of thioether (sulfide) groups is 1. The van der Waals surface area contributed by atoms with E-state index in [1.165, 1.54) is 4.90 Å². The van der Waals surface area contributed by atoms with E-state index in [-0.39, 0.29) is 5.78 Å². The van der Waals surface area contributed by atoms with E-state index in [1.807, 2.05) is 49.9 Å². The summed E-state index contributed by atoms with van der Waals surface area (Å²) in [5, 5.41) is 0. The van der Waals surface area contributed by atoms with E-state index < -0.39 is 5.54 Å². The number of rotatable bonds is 7. The molecule has 0 amide bonds. The summed E-state index contributed by atoms with van der Waals surface area (Å²) in [6.07, 6.45) is 1.10. The molecule has 1 aromatic rings. The molecule has 1 heterocycles. The molecule has 1 aromatic carbocycles. The summed E-state index contributed by atoms with van der Waals surface area (Å²) in [7, 11) is 0. The van der Waals surface area contributed by atoms with Crippen LogP contribution in [0.15, 0.2) is 29.2 Å². The number of benzene rings is 1. The van der Waals surface area contributed by atoms with Crippen LogP contribution < -0.4 is 0 Å². The second-order valence-electron chi connectivity index (χ2n) is 5.94. The standard InChI is InChI=1S/C17H25NO2S2/c1-17(2,18-8-10-20-11-9-18)16(19)14-4-6-15(7-5-14)22-13-3-12-21/h4-7,21H,3,8-13H2,1-2H3. The van der Waals surface area contributed by atoms with Gasteiger partial charge >= 0.3 is 0 Å². The van der Waals surface area contributed by atoms with Crippen LogP contribution in [0.5, 0.6) is 0 Å². The smallest absolute Gasteiger partial charge is 0.182 e. The summed E-state index contributed by atoms with van der Waals surface area (Å²) >= 11 is 6.03. The fourth-order valence-electron chi connectivity index (χ4n) is 2.58. The Morgan fingerprint density at radius 3 is 2.50 bits per heavy atom. The topological polar surface area (TPSA) is 29.5 Å². The maximum absolute atomic E-state index is 12.8. The third-order valence-corrected chi connectivity index (χ3v) is 5.46. The average molecular weight is 340 g/mol. The lowest BCUT2D eigenvalue weighted by atomic mass is 9.91. The minimum Gasteiger partial charge on any atom is -0.379 e. The first-order chi connectivity index (χ1) is 10.6. The quantitative estimate of drug-likeness (QED) is 0.357. The number of carbonyl (C=O) groups is 1. The van der Waals surface area contributed by atoms with Crippen LogP contribution in [-0.2, 0) is 4.74 Å². The van der Waals surface area contributed by atoms with Crippen LogP contribution in [-0.4, -0.2) is 54.0 Å². The molecule has 0 spiro atoms. The Morgan fingerprint density at radius 1 is 1.27 bits per heavy atom. The van der Waals surface area contributed by atoms with Crippen molar-refractivity contribution in [2.24, 2.45) is 0 Å². The number of nitrogens with zero attached hydrogens (tertiary/aromatic N) is 1. The molecule has 0 aromatic heterocycles. The first kappa shape index (κ1) is 17.9. The zero-order valence-electron chi connectivity index (χ0n) is 13.4. The van der Waals surface area contributed by atoms with Crippen molar-refractivity contribution in [3.05, 3.63) is 29.8 Å². The van der Waals surface area contributed by atoms with Crippen molar-refractivity contribution < 1.29 is 9.53 Å². The van der Waals surface area contributed by atoms with Gasteiger partial charge in [-0.1, -0.05) is 12.1 Å². The summed E-state index contributed by atoms with van der Waals surface area (Å²) in [6, 6.07) is 8.00. The fourth-order valence-corrected chi connectivity index (χ4v) is 3.80. The molecule has 0 bridgehead atoms. The molecule has 0 N–H and O–H groups in total. The van der Waals surface area contributed by atoms with Crippen LogP contribution in [0.4, 0.5) is 0 Å². The third-order valence-electron chi connectivity index (χ3n) is 4.05. The number of ketones is 1. The van der Waals surface area contributed by atoms with Gasteiger partial charge < -0.3 is 4.74 Å². The lowest BCUT2D eigenvalue weighted by Crippen LogP contribution is -2.54. The molecular formula is C17H25NO2S2. The Kier molecular flexibility index (Phi) is 6.81. The Bertz CT molecular complexity index is 482. The van der Waals surface area contributed by atoms with Crippen LogP contribution in [0, 0.1) is 0 Å². The largest absolute Gasteiger partial charge is 0.379 e. The van der Waals surface area contributed by atoms with Gasteiger partial charge in [0.05, 0.1) is 18.8 Å². The summed E-state index contributed by atoms with van der Waals surface area (Å²) < 4.78 is 5.38. The van der Waals surface area contributed by atoms with Crippen molar-refractivity contribution in [3.63, 3.8) is 0 Å². The maximum atomic E-state index is 12.8. The summed E-state index contributed by atoms with van der Waals surface area (Å²) in [6.45, 7) is 7.06. The molecule has 0 radical (unpaired) electrons. The molecule has 0 aliphatic carbocycles. The molecule has 1 fully saturated rings. The number of thiol groups is 1. The molecule has 122 valence electrons. The highest BCUT2D eigenvalue weighted by Crippen LogP contribution is 2.24. The van der Waals surface area contributed by atoms with E-state index in [9.17, 15) is 4.79 Å². The van der Waals surface area contributed by atoms with Gasteiger partial charge in [0.2, 0.25) is 0 Å². The number of hydrogen-bond acceptors (Lipinski definition) is 5. The first-order valence-corrected chi connectivity index (χ1v) is 9.39. The normalized spacial score (nSPS) is 16.7. The van der Waals surface area contributed by atoms with Crippen LogP contribution in [0.3, 0.4) is 0 Å². The summed E-state index contributed by atoms with van der Waals surface area (Å²) in [4.78, 5) is 16.3. The molecule has 0 atom stereocenters. The first-order valence-electron chi connectivity index (χ1n) is 7.77. The number of Topliss-reactive ketones (excluding diaryl/α,β-unsaturated/α-hetero) is 1. The summed E-state index contributed by atoms with van der Waals surface area (Å²) in [5.41, 5.74) is 0.305. The van der Waals surface area contributed by atoms with Crippen molar-refractivity contribution in [1.29, 1.82) is 0 Å². The van der Waals surface area contributed by atoms with Crippen molar-refractivity contribution >= 4 is 30.2 Å². The molecule has 2 rings (SSSR count). The van der Waals surface area contributed by atoms with Gasteiger partial charge in [0.1, 0.15) is 0 Å². The van der Waals surface area contributed by atoms with Crippen molar-refractivity contribution in [1.82, 2.24) is 4.90 Å². The molecule has 0 saturated carbocycles. The van der Waals surface area contributed by atoms with Gasteiger partial charge in [0, 0.05) is 23.5 Å². The van der Waals surface area contributed by atoms with E-state index >= 15 is 0 Å². The van der Waals surface area contributed by atoms with E-state index in [0.29, 0.717) is 13.2 Å². The molecule has 22 heavy (non-hydrogen) atoms. The Labute approximate surface area is 143 Å². The zero-order chi connectivity index (χ0) is 16.0. The van der Waals surface area contributed by atoms with Gasteiger partial charge in [-0.05, 0) is 43.9 Å². The Balaban J connectivity index is 2.01. The number of morpholine rings is 1. The molecule has 0 unspecified atom stereocenters. The van der Waals surface area contributed by atoms with Crippen molar-refractivity contribution in [2.75, 3.05) is 37.8 Å². The van der Waals surface area contributed by atoms with Crippen molar-refractivity contribution in [2.45, 2.75) is 30.7 Å². The summed E-state index contributed by atoms with van der Waals surface area (Å²) in [5.74, 6) is 2.16. The highest BCUT2D eigenvalue weighted by atomic mass is 32.2. The maximum Gasteiger partial charge on any atom is 0.182 e. The van der Waals surface area contributed by atoms with E-state index in [0.717, 1.165) is 36.6 Å². The Morgan fingerprint density at radius 2 is 1.91 bits per heavy atom. The Hall–Kier alpha value is -0.490. The van der Waals surface area contributed by atoms with E-state index in [4.69, 9.17) is 4.74 Å². The molecule has 1 aliphatic rings. The van der Waals surface area contributed by atoms with E-state index in [2.05, 4.69) is 17.5 Å². The highest BCUT2D eigenvalue weighted by molar-refractivity contribution is 7.99. The lowest BCUT2D eigenvalue weighted by Gasteiger charge is -2.39. The lowest BCUT2D eigenvalue weighted by molar-refractivity contribution is -0.00430. The van der Waals surface area contributed by atoms with E-state index in [1.54, 1.807) is 0 Å². The van der Waals surface area contributed by atoms with Gasteiger partial charge in [-0.3, -0.25) is 9.69 Å². The van der Waals surface area contributed by atoms with Gasteiger partial charge in [-0.15, -0.1) is 11.8 Å². The number of hydrogen-bond donors (Lipinski definition) is 1. The van der Waals surface area contributed by atoms with Crippen LogP contribution in [0.2, 0.25) is 0 Å². The highest BCUT2D eigenvalue weighted by Gasteiger charge is 2.35. The third kappa shape index (κ3) is 4.51. The molecule has 1 aliphatic heterocycles. The molecule has 5 heteroatoms. The van der Waals surface area contributed by atoms with Gasteiger partial charge in [0.15, 0.2) is 5.78 Å². The monoisotopic (exact) mass is 339 g/mol. The minimum absolute atomic E-state index is 0.182. The second-order valence-corrected chi connectivity index (χ2v) is 7.55. The SMILES string of the molecule is CC(C)(C(=O)c1ccc(SCCCS)cc1)N1CCOCC1. The van der Waals surface area contributed by atoms with Crippen molar-refractivity contribution in [3.8, 4) is 0 Å². The van der Waals surface area contributed by atoms with Gasteiger partial charge in [-0.25, -0.2) is 0 Å². The van der Waals surface area contributed by atoms with Crippen LogP contribution in [0.1, 0.15) is 30.6 Å². The van der Waals surface area contributed by atoms with Gasteiger partial charge in [-0.2, -0.15) is 12.6 Å². The predicted octanol–water partition coefficient (Wildman–Crippen LogP) is 3.39. The molecular weight excluding hydrogens is 314 g/mol. The predicted molar refractivity (Wildman–Crippen MR) is 96.4 cm³/mol. The zero-order valence-corrected chi connectivity index (χ0v) is 15.1. The average Bonchev–Trinajstić information content (AvgIpc) is 2.56. The van der Waals surface area contributed by atoms with Crippen LogP contribution >= 0.6 is 24.4 Å². The molecule has 1 saturated heterocycles. The number of carbonyl (C=O) groups excluding carboxylic acids is 1. The fraction of sp³-hybridized carbons (Fsp3) is 0.588. The minimum atomic E-state index is -0.482. The van der Waals surface area contributed by atoms with Crippen LogP contribution in [0.25, 0.3) is 0 Å². The molecule has 3 nitrogen and oxygen atoms in total. The van der Waals surface area contributed by atoms with Gasteiger partial charge in [0.25, 0.3) is 0 Å².